The minimum Gasteiger partial charge on any atom is -0.465 e. The lowest BCUT2D eigenvalue weighted by molar-refractivity contribution is 0.0600. The van der Waals surface area contributed by atoms with E-state index in [0.29, 0.717) is 17.7 Å². The molecule has 5 nitrogen and oxygen atoms in total. The van der Waals surface area contributed by atoms with E-state index in [9.17, 15) is 9.59 Å². The summed E-state index contributed by atoms with van der Waals surface area (Å²) in [5, 5.41) is 5.37. The molecule has 0 heterocycles. The topological polar surface area (TPSA) is 58.6 Å². The van der Waals surface area contributed by atoms with Crippen LogP contribution in [0.1, 0.15) is 32.3 Å². The zero-order valence-electron chi connectivity index (χ0n) is 16.3. The molecule has 5 heteroatoms. The van der Waals surface area contributed by atoms with Gasteiger partial charge >= 0.3 is 5.97 Å². The quantitative estimate of drug-likeness (QED) is 0.667. The van der Waals surface area contributed by atoms with Crippen LogP contribution in [0, 0.1) is 0 Å². The second kappa shape index (κ2) is 8.67. The van der Waals surface area contributed by atoms with Crippen molar-refractivity contribution in [2.24, 2.45) is 0 Å². The maximum Gasteiger partial charge on any atom is 0.337 e. The molecule has 3 rings (SSSR count). The van der Waals surface area contributed by atoms with Crippen LogP contribution >= 0.6 is 0 Å². The van der Waals surface area contributed by atoms with Crippen LogP contribution in [0.15, 0.2) is 66.7 Å². The minimum absolute atomic E-state index is 0.0318. The molecule has 0 fully saturated rings. The van der Waals surface area contributed by atoms with Gasteiger partial charge in [0, 0.05) is 12.1 Å². The number of hydrogen-bond donors (Lipinski definition) is 1. The highest BCUT2D eigenvalue weighted by Gasteiger charge is 2.18. The fourth-order valence-corrected chi connectivity index (χ4v) is 3.28. The molecule has 3 aromatic carbocycles. The van der Waals surface area contributed by atoms with Gasteiger partial charge in [0.25, 0.3) is 5.91 Å². The van der Waals surface area contributed by atoms with Gasteiger partial charge in [0.2, 0.25) is 0 Å². The van der Waals surface area contributed by atoms with Crippen LogP contribution < -0.4 is 5.32 Å². The van der Waals surface area contributed by atoms with Crippen molar-refractivity contribution in [1.82, 2.24) is 10.2 Å². The molecule has 28 heavy (non-hydrogen) atoms. The Morgan fingerprint density at radius 1 is 0.929 bits per heavy atom. The average Bonchev–Trinajstić information content (AvgIpc) is 2.73. The highest BCUT2D eigenvalue weighted by Crippen LogP contribution is 2.26. The lowest BCUT2D eigenvalue weighted by atomic mass is 9.98. The fraction of sp³-hybridized carbons (Fsp3) is 0.217. The monoisotopic (exact) mass is 376 g/mol. The average molecular weight is 376 g/mol. The number of carbonyl (C=O) groups is 2. The first kappa shape index (κ1) is 19.6. The Labute approximate surface area is 164 Å². The molecule has 1 N–H and O–H groups in total. The zero-order valence-corrected chi connectivity index (χ0v) is 16.3. The molecule has 0 unspecified atom stereocenters. The van der Waals surface area contributed by atoms with Gasteiger partial charge in [-0.3, -0.25) is 4.79 Å². The molecule has 1 amide bonds. The van der Waals surface area contributed by atoms with Crippen molar-refractivity contribution in [3.8, 4) is 0 Å². The number of ether oxygens (including phenoxy) is 1. The third-order valence-electron chi connectivity index (χ3n) is 4.83. The van der Waals surface area contributed by atoms with E-state index >= 15 is 0 Å². The molecule has 0 saturated carbocycles. The lowest BCUT2D eigenvalue weighted by Crippen LogP contribution is -2.34. The van der Waals surface area contributed by atoms with Gasteiger partial charge in [-0.25, -0.2) is 4.79 Å². The van der Waals surface area contributed by atoms with Gasteiger partial charge in [0.1, 0.15) is 0 Å². The third kappa shape index (κ3) is 4.21. The van der Waals surface area contributed by atoms with Gasteiger partial charge in [-0.15, -0.1) is 0 Å². The molecular weight excluding hydrogens is 352 g/mol. The van der Waals surface area contributed by atoms with Crippen LogP contribution in [0.3, 0.4) is 0 Å². The molecule has 0 spiro atoms. The number of rotatable bonds is 6. The summed E-state index contributed by atoms with van der Waals surface area (Å²) in [6.07, 6.45) is 0. The van der Waals surface area contributed by atoms with Gasteiger partial charge < -0.3 is 15.0 Å². The van der Waals surface area contributed by atoms with Crippen LogP contribution in [-0.4, -0.2) is 44.5 Å². The fourth-order valence-electron chi connectivity index (χ4n) is 3.28. The van der Waals surface area contributed by atoms with E-state index in [2.05, 4.69) is 39.2 Å². The molecule has 1 atom stereocenters. The third-order valence-corrected chi connectivity index (χ3v) is 4.83. The number of methoxy groups -OCH3 is 1. The molecule has 0 radical (unpaired) electrons. The normalized spacial score (nSPS) is 12.0. The largest absolute Gasteiger partial charge is 0.465 e. The number of fused-ring (bicyclic) bond motifs is 1. The van der Waals surface area contributed by atoms with Crippen molar-refractivity contribution < 1.29 is 14.3 Å². The highest BCUT2D eigenvalue weighted by molar-refractivity contribution is 5.96. The van der Waals surface area contributed by atoms with Crippen LogP contribution in [0.25, 0.3) is 10.8 Å². The van der Waals surface area contributed by atoms with E-state index in [0.717, 1.165) is 0 Å². The molecule has 3 aromatic rings. The predicted octanol–water partition coefficient (Wildman–Crippen LogP) is 3.66. The first-order chi connectivity index (χ1) is 13.5. The van der Waals surface area contributed by atoms with E-state index in [1.165, 1.54) is 23.4 Å². The first-order valence-corrected chi connectivity index (χ1v) is 9.12. The molecule has 0 saturated heterocycles. The van der Waals surface area contributed by atoms with Gasteiger partial charge in [-0.2, -0.15) is 0 Å². The van der Waals surface area contributed by atoms with E-state index in [-0.39, 0.29) is 11.9 Å². The van der Waals surface area contributed by atoms with Crippen molar-refractivity contribution in [2.45, 2.75) is 6.04 Å². The standard InChI is InChI=1S/C23H24N2O3/c1-25(2)21(20-10-6-8-16-7-4-5-9-19(16)20)15-24-22(26)17-11-13-18(14-12-17)23(27)28-3/h4-14,21H,15H2,1-3H3,(H,24,26)/t21-/m0/s1. The van der Waals surface area contributed by atoms with E-state index in [4.69, 9.17) is 0 Å². The Morgan fingerprint density at radius 3 is 2.25 bits per heavy atom. The number of nitrogens with one attached hydrogen (secondary N) is 1. The Bertz CT molecular complexity index is 975. The number of likely N-dealkylation sites (N-methyl/N-ethyl adjacent to an activating group) is 1. The van der Waals surface area contributed by atoms with Crippen molar-refractivity contribution in [3.63, 3.8) is 0 Å². The maximum atomic E-state index is 12.6. The van der Waals surface area contributed by atoms with E-state index in [1.807, 2.05) is 32.3 Å². The molecule has 144 valence electrons. The predicted molar refractivity (Wildman–Crippen MR) is 110 cm³/mol. The van der Waals surface area contributed by atoms with Gasteiger partial charge in [-0.1, -0.05) is 42.5 Å². The Balaban J connectivity index is 1.76. The summed E-state index contributed by atoms with van der Waals surface area (Å²) in [6, 6.07) is 21.0. The summed E-state index contributed by atoms with van der Waals surface area (Å²) < 4.78 is 4.68. The lowest BCUT2D eigenvalue weighted by Gasteiger charge is -2.26. The van der Waals surface area contributed by atoms with E-state index in [1.54, 1.807) is 24.3 Å². The summed E-state index contributed by atoms with van der Waals surface area (Å²) in [7, 11) is 5.34. The summed E-state index contributed by atoms with van der Waals surface area (Å²) in [6.45, 7) is 0.471. The van der Waals surface area contributed by atoms with Crippen LogP contribution in [-0.2, 0) is 4.74 Å². The number of benzene rings is 3. The molecule has 0 aromatic heterocycles. The molecule has 0 aliphatic carbocycles. The smallest absolute Gasteiger partial charge is 0.337 e. The van der Waals surface area contributed by atoms with Crippen LogP contribution in [0.4, 0.5) is 0 Å². The Morgan fingerprint density at radius 2 is 1.57 bits per heavy atom. The van der Waals surface area contributed by atoms with Crippen molar-refractivity contribution >= 4 is 22.6 Å². The van der Waals surface area contributed by atoms with E-state index < -0.39 is 5.97 Å². The summed E-state index contributed by atoms with van der Waals surface area (Å²) in [5.74, 6) is -0.598. The number of amides is 1. The second-order valence-electron chi connectivity index (χ2n) is 6.83. The minimum atomic E-state index is -0.421. The summed E-state index contributed by atoms with van der Waals surface area (Å²) >= 11 is 0. The van der Waals surface area contributed by atoms with Crippen molar-refractivity contribution in [1.29, 1.82) is 0 Å². The Kier molecular flexibility index (Phi) is 6.06. The first-order valence-electron chi connectivity index (χ1n) is 9.12. The summed E-state index contributed by atoms with van der Waals surface area (Å²) in [4.78, 5) is 26.2. The van der Waals surface area contributed by atoms with Crippen molar-refractivity contribution in [3.05, 3.63) is 83.4 Å². The van der Waals surface area contributed by atoms with Gasteiger partial charge in [-0.05, 0) is 54.7 Å². The number of nitrogens with zero attached hydrogens (tertiary/aromatic N) is 1. The SMILES string of the molecule is COC(=O)c1ccc(C(=O)NC[C@@H](c2cccc3ccccc23)N(C)C)cc1. The van der Waals surface area contributed by atoms with Crippen molar-refractivity contribution in [2.75, 3.05) is 27.7 Å². The Hall–Kier alpha value is -3.18. The van der Waals surface area contributed by atoms with Crippen LogP contribution in [0.5, 0.6) is 0 Å². The molecule has 0 aliphatic rings. The highest BCUT2D eigenvalue weighted by atomic mass is 16.5. The number of esters is 1. The molecular formula is C23H24N2O3. The summed E-state index contributed by atoms with van der Waals surface area (Å²) in [5.41, 5.74) is 2.09. The molecule has 0 aliphatic heterocycles. The number of carbonyl (C=O) groups excluding carboxylic acids is 2. The second-order valence-corrected chi connectivity index (χ2v) is 6.83. The molecule has 0 bridgehead atoms. The zero-order chi connectivity index (χ0) is 20.1. The maximum absolute atomic E-state index is 12.6. The number of hydrogen-bond acceptors (Lipinski definition) is 4. The van der Waals surface area contributed by atoms with Gasteiger partial charge in [0.05, 0.1) is 18.7 Å². The van der Waals surface area contributed by atoms with Crippen LogP contribution in [0.2, 0.25) is 0 Å². The van der Waals surface area contributed by atoms with Gasteiger partial charge in [0.15, 0.2) is 0 Å².